The number of allylic oxidation sites excluding steroid dienone is 4. The second kappa shape index (κ2) is 9.80. The van der Waals surface area contributed by atoms with Crippen LogP contribution in [0.1, 0.15) is 24.3 Å². The second-order valence-corrected chi connectivity index (χ2v) is 8.73. The van der Waals surface area contributed by atoms with E-state index < -0.39 is 0 Å². The lowest BCUT2D eigenvalue weighted by atomic mass is 10.0. The number of rotatable bonds is 7. The zero-order valence-electron chi connectivity index (χ0n) is 19.5. The standard InChI is InChI=1S/C27H24ClN3O4/c1-33-23-13-20-22(14-24(23)34-2)31(15-18-8-10-19(28)11-9-18)16-21(26(20)32)27-29-25(35-30-27)12-17-6-4-3-5-7-17/h4,6-11,13-14,16H,3,5,12,15H2,1-2H3. The van der Waals surface area contributed by atoms with E-state index in [1.165, 1.54) is 0 Å². The molecule has 0 N–H and O–H groups in total. The van der Waals surface area contributed by atoms with Gasteiger partial charge in [-0.05, 0) is 42.2 Å². The van der Waals surface area contributed by atoms with Crippen molar-refractivity contribution in [2.24, 2.45) is 0 Å². The largest absolute Gasteiger partial charge is 0.493 e. The molecule has 178 valence electrons. The molecule has 35 heavy (non-hydrogen) atoms. The fourth-order valence-electron chi connectivity index (χ4n) is 4.20. The van der Waals surface area contributed by atoms with Crippen LogP contribution in [0.4, 0.5) is 0 Å². The summed E-state index contributed by atoms with van der Waals surface area (Å²) in [5.41, 5.74) is 2.98. The molecule has 0 saturated heterocycles. The summed E-state index contributed by atoms with van der Waals surface area (Å²) in [4.78, 5) is 18.1. The molecule has 4 aromatic rings. The van der Waals surface area contributed by atoms with Crippen LogP contribution in [0.5, 0.6) is 11.5 Å². The van der Waals surface area contributed by atoms with Gasteiger partial charge in [-0.15, -0.1) is 0 Å². The predicted molar refractivity (Wildman–Crippen MR) is 135 cm³/mol. The molecule has 0 radical (unpaired) electrons. The third-order valence-corrected chi connectivity index (χ3v) is 6.24. The Hall–Kier alpha value is -3.84. The van der Waals surface area contributed by atoms with Crippen LogP contribution in [0.25, 0.3) is 22.3 Å². The van der Waals surface area contributed by atoms with E-state index in [1.807, 2.05) is 28.8 Å². The first-order valence-corrected chi connectivity index (χ1v) is 11.7. The number of hydrogen-bond donors (Lipinski definition) is 0. The van der Waals surface area contributed by atoms with E-state index in [1.54, 1.807) is 32.5 Å². The molecule has 2 heterocycles. The Morgan fingerprint density at radius 2 is 1.86 bits per heavy atom. The van der Waals surface area contributed by atoms with Crippen molar-refractivity contribution >= 4 is 22.5 Å². The van der Waals surface area contributed by atoms with E-state index in [0.717, 1.165) is 24.0 Å². The first kappa shape index (κ1) is 22.9. The highest BCUT2D eigenvalue weighted by molar-refractivity contribution is 6.30. The average Bonchev–Trinajstić information content (AvgIpc) is 3.34. The van der Waals surface area contributed by atoms with Gasteiger partial charge >= 0.3 is 0 Å². The third kappa shape index (κ3) is 4.72. The van der Waals surface area contributed by atoms with Crippen molar-refractivity contribution in [1.82, 2.24) is 14.7 Å². The number of ether oxygens (including phenoxy) is 2. The van der Waals surface area contributed by atoms with E-state index in [-0.39, 0.29) is 11.3 Å². The van der Waals surface area contributed by atoms with Gasteiger partial charge in [-0.25, -0.2) is 0 Å². The van der Waals surface area contributed by atoms with E-state index >= 15 is 0 Å². The minimum atomic E-state index is -0.211. The fourth-order valence-corrected chi connectivity index (χ4v) is 4.33. The van der Waals surface area contributed by atoms with E-state index in [9.17, 15) is 4.79 Å². The molecule has 0 aliphatic heterocycles. The van der Waals surface area contributed by atoms with Gasteiger partial charge in [0.2, 0.25) is 17.1 Å². The van der Waals surface area contributed by atoms with Crippen LogP contribution in [0.3, 0.4) is 0 Å². The van der Waals surface area contributed by atoms with Gasteiger partial charge < -0.3 is 18.6 Å². The van der Waals surface area contributed by atoms with Crippen molar-refractivity contribution < 1.29 is 14.0 Å². The molecule has 0 amide bonds. The third-order valence-electron chi connectivity index (χ3n) is 5.99. The van der Waals surface area contributed by atoms with Gasteiger partial charge in [0.25, 0.3) is 0 Å². The lowest BCUT2D eigenvalue weighted by Gasteiger charge is -2.15. The van der Waals surface area contributed by atoms with Gasteiger partial charge in [0, 0.05) is 23.8 Å². The van der Waals surface area contributed by atoms with Gasteiger partial charge in [-0.3, -0.25) is 4.79 Å². The van der Waals surface area contributed by atoms with Gasteiger partial charge in [0.05, 0.1) is 37.1 Å². The lowest BCUT2D eigenvalue weighted by molar-refractivity contribution is 0.355. The average molecular weight is 490 g/mol. The van der Waals surface area contributed by atoms with Gasteiger partial charge in [0.15, 0.2) is 11.5 Å². The number of benzene rings is 2. The Morgan fingerprint density at radius 1 is 1.09 bits per heavy atom. The monoisotopic (exact) mass is 489 g/mol. The molecule has 2 aromatic carbocycles. The van der Waals surface area contributed by atoms with E-state index in [4.69, 9.17) is 25.6 Å². The van der Waals surface area contributed by atoms with Crippen molar-refractivity contribution in [3.8, 4) is 22.9 Å². The number of pyridine rings is 1. The minimum Gasteiger partial charge on any atom is -0.493 e. The number of fused-ring (bicyclic) bond motifs is 1. The Morgan fingerprint density at radius 3 is 2.57 bits per heavy atom. The lowest BCUT2D eigenvalue weighted by Crippen LogP contribution is -2.14. The highest BCUT2D eigenvalue weighted by atomic mass is 35.5. The maximum Gasteiger partial charge on any atom is 0.231 e. The number of hydrogen-bond acceptors (Lipinski definition) is 6. The van der Waals surface area contributed by atoms with E-state index in [2.05, 4.69) is 28.4 Å². The molecule has 0 saturated carbocycles. The molecule has 0 unspecified atom stereocenters. The topological polar surface area (TPSA) is 79.4 Å². The molecular weight excluding hydrogens is 466 g/mol. The first-order valence-electron chi connectivity index (χ1n) is 11.3. The molecule has 0 atom stereocenters. The molecule has 7 nitrogen and oxygen atoms in total. The Labute approximate surface area is 207 Å². The molecule has 8 heteroatoms. The van der Waals surface area contributed by atoms with Crippen molar-refractivity contribution in [2.75, 3.05) is 14.2 Å². The van der Waals surface area contributed by atoms with Gasteiger partial charge in [-0.2, -0.15) is 4.98 Å². The SMILES string of the molecule is COc1cc2c(=O)c(-c3noc(CC4=CCCC=C4)n3)cn(Cc3ccc(Cl)cc3)c2cc1OC. The molecular formula is C27H24ClN3O4. The Bertz CT molecular complexity index is 1500. The maximum absolute atomic E-state index is 13.6. The zero-order valence-corrected chi connectivity index (χ0v) is 20.2. The van der Waals surface area contributed by atoms with Gasteiger partial charge in [-0.1, -0.05) is 47.1 Å². The van der Waals surface area contributed by atoms with Crippen molar-refractivity contribution in [3.63, 3.8) is 0 Å². The smallest absolute Gasteiger partial charge is 0.231 e. The highest BCUT2D eigenvalue weighted by Gasteiger charge is 2.19. The molecule has 5 rings (SSSR count). The maximum atomic E-state index is 13.6. The van der Waals surface area contributed by atoms with Crippen molar-refractivity contribution in [2.45, 2.75) is 25.8 Å². The highest BCUT2D eigenvalue weighted by Crippen LogP contribution is 2.32. The van der Waals surface area contributed by atoms with Crippen LogP contribution < -0.4 is 14.9 Å². The van der Waals surface area contributed by atoms with Crippen LogP contribution in [0.15, 0.2) is 75.7 Å². The summed E-state index contributed by atoms with van der Waals surface area (Å²) < 4.78 is 18.4. The first-order chi connectivity index (χ1) is 17.1. The molecule has 0 spiro atoms. The van der Waals surface area contributed by atoms with Gasteiger partial charge in [0.1, 0.15) is 0 Å². The molecule has 0 fully saturated rings. The van der Waals surface area contributed by atoms with Crippen molar-refractivity contribution in [1.29, 1.82) is 0 Å². The number of aromatic nitrogens is 3. The summed E-state index contributed by atoms with van der Waals surface area (Å²) in [6, 6.07) is 11.1. The second-order valence-electron chi connectivity index (χ2n) is 8.30. The van der Waals surface area contributed by atoms with Crippen LogP contribution in [-0.2, 0) is 13.0 Å². The number of nitrogens with zero attached hydrogens (tertiary/aromatic N) is 3. The molecule has 0 bridgehead atoms. The fraction of sp³-hybridized carbons (Fsp3) is 0.222. The molecule has 2 aromatic heterocycles. The Balaban J connectivity index is 1.63. The van der Waals surface area contributed by atoms with Crippen LogP contribution in [0, 0.1) is 0 Å². The van der Waals surface area contributed by atoms with Crippen LogP contribution in [0.2, 0.25) is 5.02 Å². The summed E-state index contributed by atoms with van der Waals surface area (Å²) in [6.07, 6.45) is 10.7. The molecule has 1 aliphatic carbocycles. The summed E-state index contributed by atoms with van der Waals surface area (Å²) >= 11 is 6.07. The Kier molecular flexibility index (Phi) is 6.42. The summed E-state index contributed by atoms with van der Waals surface area (Å²) in [5.74, 6) is 1.73. The summed E-state index contributed by atoms with van der Waals surface area (Å²) in [6.45, 7) is 0.499. The quantitative estimate of drug-likeness (QED) is 0.336. The summed E-state index contributed by atoms with van der Waals surface area (Å²) in [5, 5.41) is 5.26. The zero-order chi connectivity index (χ0) is 24.4. The van der Waals surface area contributed by atoms with Crippen molar-refractivity contribution in [3.05, 3.63) is 93.1 Å². The van der Waals surface area contributed by atoms with Crippen LogP contribution >= 0.6 is 11.6 Å². The normalized spacial score (nSPS) is 13.2. The van der Waals surface area contributed by atoms with Crippen LogP contribution in [-0.4, -0.2) is 28.9 Å². The predicted octanol–water partition coefficient (Wildman–Crippen LogP) is 5.59. The number of halogens is 1. The summed E-state index contributed by atoms with van der Waals surface area (Å²) in [7, 11) is 3.11. The number of methoxy groups -OCH3 is 2. The molecule has 1 aliphatic rings. The van der Waals surface area contributed by atoms with E-state index in [0.29, 0.717) is 51.8 Å². The minimum absolute atomic E-state index is 0.211.